The predicted octanol–water partition coefficient (Wildman–Crippen LogP) is 4.19. The number of hydrogen-bond acceptors (Lipinski definition) is 4. The van der Waals surface area contributed by atoms with Crippen molar-refractivity contribution in [1.29, 1.82) is 0 Å². The molecule has 2 heterocycles. The minimum Gasteiger partial charge on any atom is -0.336 e. The Balaban J connectivity index is 1.30. The summed E-state index contributed by atoms with van der Waals surface area (Å²) in [5.74, 6) is -0.0132. The highest BCUT2D eigenvalue weighted by Gasteiger charge is 2.23. The summed E-state index contributed by atoms with van der Waals surface area (Å²) in [4.78, 5) is 33.2. The van der Waals surface area contributed by atoms with Crippen molar-refractivity contribution in [3.8, 4) is 0 Å². The Morgan fingerprint density at radius 1 is 0.970 bits per heavy atom. The molecule has 1 aliphatic rings. The van der Waals surface area contributed by atoms with Crippen LogP contribution in [0.4, 0.5) is 0 Å². The van der Waals surface area contributed by atoms with Gasteiger partial charge in [0.15, 0.2) is 4.77 Å². The SMILES string of the molecule is CCn1c(=S)[nH]c2cc(C(=O)N3CCN(Cc4cccc5ccccc45)CC3)ccc2c1=O. The smallest absolute Gasteiger partial charge is 0.262 e. The van der Waals surface area contributed by atoms with E-state index in [0.717, 1.165) is 19.6 Å². The highest BCUT2D eigenvalue weighted by molar-refractivity contribution is 7.71. The van der Waals surface area contributed by atoms with Crippen molar-refractivity contribution in [2.24, 2.45) is 0 Å². The minimum absolute atomic E-state index is 0.0132. The van der Waals surface area contributed by atoms with Crippen molar-refractivity contribution in [2.45, 2.75) is 20.0 Å². The number of nitrogens with one attached hydrogen (secondary N) is 1. The number of carbonyl (C=O) groups is 1. The predicted molar refractivity (Wildman–Crippen MR) is 134 cm³/mol. The van der Waals surface area contributed by atoms with Crippen LogP contribution in [0.2, 0.25) is 0 Å². The van der Waals surface area contributed by atoms with Crippen LogP contribution in [-0.4, -0.2) is 51.4 Å². The molecule has 0 radical (unpaired) electrons. The molecule has 4 aromatic rings. The van der Waals surface area contributed by atoms with Gasteiger partial charge in [0.2, 0.25) is 0 Å². The molecule has 1 fully saturated rings. The number of rotatable bonds is 4. The summed E-state index contributed by atoms with van der Waals surface area (Å²) >= 11 is 5.30. The van der Waals surface area contributed by atoms with Crippen molar-refractivity contribution in [3.05, 3.63) is 86.9 Å². The number of hydrogen-bond donors (Lipinski definition) is 1. The Bertz CT molecular complexity index is 1460. The van der Waals surface area contributed by atoms with Crippen molar-refractivity contribution in [3.63, 3.8) is 0 Å². The number of piperazine rings is 1. The zero-order chi connectivity index (χ0) is 22.9. The molecule has 1 N–H and O–H groups in total. The van der Waals surface area contributed by atoms with E-state index in [1.807, 2.05) is 11.8 Å². The Labute approximate surface area is 197 Å². The second-order valence-corrected chi connectivity index (χ2v) is 8.83. The number of aromatic amines is 1. The summed E-state index contributed by atoms with van der Waals surface area (Å²) in [6.07, 6.45) is 0. The van der Waals surface area contributed by atoms with Gasteiger partial charge in [0, 0.05) is 44.8 Å². The van der Waals surface area contributed by atoms with E-state index in [4.69, 9.17) is 12.2 Å². The largest absolute Gasteiger partial charge is 0.336 e. The molecule has 6 nitrogen and oxygen atoms in total. The van der Waals surface area contributed by atoms with E-state index >= 15 is 0 Å². The van der Waals surface area contributed by atoms with Gasteiger partial charge in [0.1, 0.15) is 0 Å². The number of fused-ring (bicyclic) bond motifs is 2. The molecule has 5 rings (SSSR count). The third-order valence-electron chi connectivity index (χ3n) is 6.48. The number of benzene rings is 3. The van der Waals surface area contributed by atoms with E-state index < -0.39 is 0 Å². The van der Waals surface area contributed by atoms with Gasteiger partial charge in [0.25, 0.3) is 11.5 Å². The number of H-pyrrole nitrogens is 1. The van der Waals surface area contributed by atoms with Crippen LogP contribution in [0.3, 0.4) is 0 Å². The maximum atomic E-state index is 13.2. The van der Waals surface area contributed by atoms with Gasteiger partial charge in [-0.1, -0.05) is 42.5 Å². The molecule has 0 spiro atoms. The first-order valence-corrected chi connectivity index (χ1v) is 11.7. The third-order valence-corrected chi connectivity index (χ3v) is 6.80. The van der Waals surface area contributed by atoms with Gasteiger partial charge in [-0.15, -0.1) is 0 Å². The molecule has 0 atom stereocenters. The number of carbonyl (C=O) groups excluding carboxylic acids is 1. The lowest BCUT2D eigenvalue weighted by atomic mass is 10.0. The first-order valence-electron chi connectivity index (χ1n) is 11.3. The molecule has 0 aliphatic carbocycles. The highest BCUT2D eigenvalue weighted by atomic mass is 32.1. The second-order valence-electron chi connectivity index (χ2n) is 8.45. The maximum absolute atomic E-state index is 13.2. The van der Waals surface area contributed by atoms with Gasteiger partial charge in [-0.2, -0.15) is 0 Å². The van der Waals surface area contributed by atoms with Crippen LogP contribution in [0.15, 0.2) is 65.5 Å². The average Bonchev–Trinajstić information content (AvgIpc) is 2.84. The summed E-state index contributed by atoms with van der Waals surface area (Å²) in [5.41, 5.74) is 2.37. The lowest BCUT2D eigenvalue weighted by Crippen LogP contribution is -2.48. The summed E-state index contributed by atoms with van der Waals surface area (Å²) < 4.78 is 1.90. The first kappa shape index (κ1) is 21.6. The van der Waals surface area contributed by atoms with Crippen LogP contribution in [0.5, 0.6) is 0 Å². The Kier molecular flexibility index (Phi) is 5.83. The molecular formula is C26H26N4O2S. The fourth-order valence-corrected chi connectivity index (χ4v) is 4.96. The number of nitrogens with zero attached hydrogens (tertiary/aromatic N) is 3. The van der Waals surface area contributed by atoms with E-state index in [2.05, 4.69) is 52.3 Å². The molecule has 3 aromatic carbocycles. The number of amides is 1. The molecule has 1 aromatic heterocycles. The monoisotopic (exact) mass is 458 g/mol. The second kappa shape index (κ2) is 8.92. The van der Waals surface area contributed by atoms with Gasteiger partial charge in [0.05, 0.1) is 10.9 Å². The normalized spacial score (nSPS) is 14.8. The topological polar surface area (TPSA) is 61.3 Å². The molecule has 0 bridgehead atoms. The molecule has 7 heteroatoms. The van der Waals surface area contributed by atoms with Gasteiger partial charge in [-0.25, -0.2) is 0 Å². The first-order chi connectivity index (χ1) is 16.0. The van der Waals surface area contributed by atoms with Crippen molar-refractivity contribution < 1.29 is 4.79 Å². The zero-order valence-electron chi connectivity index (χ0n) is 18.6. The summed E-state index contributed by atoms with van der Waals surface area (Å²) in [6, 6.07) is 20.1. The van der Waals surface area contributed by atoms with E-state index in [0.29, 0.717) is 40.9 Å². The van der Waals surface area contributed by atoms with Gasteiger partial charge < -0.3 is 9.88 Å². The Hall–Kier alpha value is -3.29. The standard InChI is InChI=1S/C26H26N4O2S/c1-2-30-25(32)22-11-10-19(16-23(22)27-26(30)33)24(31)29-14-12-28(13-15-29)17-20-8-5-7-18-6-3-4-9-21(18)20/h3-11,16H,2,12-15,17H2,1H3,(H,27,33). The quantitative estimate of drug-likeness (QED) is 0.466. The molecule has 1 saturated heterocycles. The van der Waals surface area contributed by atoms with E-state index in [1.54, 1.807) is 18.2 Å². The molecule has 1 aliphatic heterocycles. The molecule has 0 unspecified atom stereocenters. The fraction of sp³-hybridized carbons (Fsp3) is 0.269. The minimum atomic E-state index is -0.128. The fourth-order valence-electron chi connectivity index (χ4n) is 4.64. The molecule has 33 heavy (non-hydrogen) atoms. The molecule has 168 valence electrons. The lowest BCUT2D eigenvalue weighted by molar-refractivity contribution is 0.0629. The average molecular weight is 459 g/mol. The van der Waals surface area contributed by atoms with E-state index in [1.165, 1.54) is 20.9 Å². The van der Waals surface area contributed by atoms with Crippen LogP contribution in [0, 0.1) is 4.77 Å². The molecule has 1 amide bonds. The van der Waals surface area contributed by atoms with Gasteiger partial charge >= 0.3 is 0 Å². The van der Waals surface area contributed by atoms with Crippen molar-refractivity contribution >= 4 is 39.8 Å². The van der Waals surface area contributed by atoms with Crippen LogP contribution in [0.25, 0.3) is 21.7 Å². The Morgan fingerprint density at radius 3 is 2.52 bits per heavy atom. The van der Waals surface area contributed by atoms with E-state index in [-0.39, 0.29) is 11.5 Å². The van der Waals surface area contributed by atoms with Gasteiger partial charge in [-0.05, 0) is 53.7 Å². The van der Waals surface area contributed by atoms with Crippen LogP contribution in [-0.2, 0) is 13.1 Å². The summed E-state index contributed by atoms with van der Waals surface area (Å²) in [7, 11) is 0. The molecule has 0 saturated carbocycles. The van der Waals surface area contributed by atoms with E-state index in [9.17, 15) is 9.59 Å². The summed E-state index contributed by atoms with van der Waals surface area (Å²) in [5, 5.41) is 3.08. The Morgan fingerprint density at radius 2 is 1.73 bits per heavy atom. The molecular weight excluding hydrogens is 432 g/mol. The highest BCUT2D eigenvalue weighted by Crippen LogP contribution is 2.21. The zero-order valence-corrected chi connectivity index (χ0v) is 19.4. The van der Waals surface area contributed by atoms with Gasteiger partial charge in [-0.3, -0.25) is 19.1 Å². The van der Waals surface area contributed by atoms with Crippen LogP contribution in [0.1, 0.15) is 22.8 Å². The maximum Gasteiger partial charge on any atom is 0.262 e. The third kappa shape index (κ3) is 4.10. The lowest BCUT2D eigenvalue weighted by Gasteiger charge is -2.35. The summed E-state index contributed by atoms with van der Waals surface area (Å²) in [6.45, 7) is 6.27. The number of aromatic nitrogens is 2. The van der Waals surface area contributed by atoms with Crippen molar-refractivity contribution in [1.82, 2.24) is 19.4 Å². The van der Waals surface area contributed by atoms with Crippen molar-refractivity contribution in [2.75, 3.05) is 26.2 Å². The van der Waals surface area contributed by atoms with Crippen LogP contribution < -0.4 is 5.56 Å². The van der Waals surface area contributed by atoms with Crippen LogP contribution >= 0.6 is 12.2 Å².